The number of nitrogens with zero attached hydrogens (tertiary/aromatic N) is 1. The van der Waals surface area contributed by atoms with Gasteiger partial charge in [-0.05, 0) is 30.7 Å². The molecule has 7 N–H and O–H groups in total. The van der Waals surface area contributed by atoms with Gasteiger partial charge in [-0.25, -0.2) is 0 Å². The third-order valence-electron chi connectivity index (χ3n) is 3.48. The Morgan fingerprint density at radius 1 is 1.10 bits per heavy atom. The van der Waals surface area contributed by atoms with Crippen LogP contribution in [0.3, 0.4) is 0 Å². The Bertz CT molecular complexity index is 457. The summed E-state index contributed by atoms with van der Waals surface area (Å²) in [6, 6.07) is 5.36. The molecule has 21 heavy (non-hydrogen) atoms. The molecule has 1 rings (SSSR count). The van der Waals surface area contributed by atoms with Crippen LogP contribution in [0.1, 0.15) is 5.56 Å². The van der Waals surface area contributed by atoms with E-state index >= 15 is 0 Å². The minimum absolute atomic E-state index is 0.0414. The highest BCUT2D eigenvalue weighted by Gasteiger charge is 2.30. The SMILES string of the molecule is Cc1cc(N(C)C[C@H](O)[C@@H](O)[C@@H](O)[C@H](O)CO)ccc1N. The first-order chi connectivity index (χ1) is 9.77. The summed E-state index contributed by atoms with van der Waals surface area (Å²) in [6.07, 6.45) is -5.97. The third-order valence-corrected chi connectivity index (χ3v) is 3.48. The summed E-state index contributed by atoms with van der Waals surface area (Å²) >= 11 is 0. The zero-order valence-corrected chi connectivity index (χ0v) is 12.2. The molecule has 0 heterocycles. The smallest absolute Gasteiger partial charge is 0.111 e. The summed E-state index contributed by atoms with van der Waals surface area (Å²) in [5.74, 6) is 0. The van der Waals surface area contributed by atoms with Gasteiger partial charge in [-0.1, -0.05) is 0 Å². The summed E-state index contributed by atoms with van der Waals surface area (Å²) < 4.78 is 0. The van der Waals surface area contributed by atoms with Crippen LogP contribution in [-0.2, 0) is 0 Å². The number of benzene rings is 1. The number of hydrogen-bond donors (Lipinski definition) is 6. The number of aryl methyl sites for hydroxylation is 1. The van der Waals surface area contributed by atoms with Crippen LogP contribution in [0, 0.1) is 6.92 Å². The van der Waals surface area contributed by atoms with Crippen LogP contribution in [-0.4, -0.2) is 70.1 Å². The van der Waals surface area contributed by atoms with Crippen molar-refractivity contribution >= 4 is 11.4 Å². The first-order valence-corrected chi connectivity index (χ1v) is 6.68. The molecule has 1 aromatic rings. The van der Waals surface area contributed by atoms with Crippen LogP contribution in [0.5, 0.6) is 0 Å². The number of likely N-dealkylation sites (N-methyl/N-ethyl adjacent to an activating group) is 1. The van der Waals surface area contributed by atoms with Crippen LogP contribution in [0.25, 0.3) is 0 Å². The third kappa shape index (κ3) is 4.55. The fourth-order valence-corrected chi connectivity index (χ4v) is 1.95. The number of hydrogen-bond acceptors (Lipinski definition) is 7. The minimum atomic E-state index is -1.62. The first kappa shape index (κ1) is 17.7. The summed E-state index contributed by atoms with van der Waals surface area (Å²) in [4.78, 5) is 1.69. The van der Waals surface area contributed by atoms with Gasteiger partial charge in [0, 0.05) is 25.0 Å². The van der Waals surface area contributed by atoms with Gasteiger partial charge in [0.15, 0.2) is 0 Å². The van der Waals surface area contributed by atoms with Crippen molar-refractivity contribution in [3.05, 3.63) is 23.8 Å². The maximum atomic E-state index is 9.92. The fourth-order valence-electron chi connectivity index (χ4n) is 1.95. The van der Waals surface area contributed by atoms with Gasteiger partial charge in [-0.3, -0.25) is 0 Å². The number of aliphatic hydroxyl groups excluding tert-OH is 5. The van der Waals surface area contributed by atoms with Crippen LogP contribution in [0.4, 0.5) is 11.4 Å². The zero-order chi connectivity index (χ0) is 16.2. The normalized spacial score (nSPS) is 17.1. The highest BCUT2D eigenvalue weighted by atomic mass is 16.4. The molecule has 0 aliphatic heterocycles. The van der Waals surface area contributed by atoms with E-state index in [2.05, 4.69) is 0 Å². The van der Waals surface area contributed by atoms with Crippen LogP contribution < -0.4 is 10.6 Å². The van der Waals surface area contributed by atoms with Gasteiger partial charge in [-0.2, -0.15) is 0 Å². The van der Waals surface area contributed by atoms with Gasteiger partial charge in [-0.15, -0.1) is 0 Å². The molecule has 0 aliphatic carbocycles. The Balaban J connectivity index is 2.68. The van der Waals surface area contributed by atoms with Gasteiger partial charge < -0.3 is 36.2 Å². The van der Waals surface area contributed by atoms with Gasteiger partial charge in [0.05, 0.1) is 12.7 Å². The molecular weight excluding hydrogens is 276 g/mol. The number of aliphatic hydroxyl groups is 5. The van der Waals surface area contributed by atoms with Crippen molar-refractivity contribution in [3.8, 4) is 0 Å². The first-order valence-electron chi connectivity index (χ1n) is 6.68. The molecule has 0 spiro atoms. The molecule has 0 amide bonds. The van der Waals surface area contributed by atoms with E-state index in [0.717, 1.165) is 11.3 Å². The number of anilines is 2. The standard InChI is InChI=1S/C14H24N2O5/c1-8-5-9(3-4-10(8)15)16(2)6-11(18)13(20)14(21)12(19)7-17/h3-5,11-14,17-21H,6-7,15H2,1-2H3/t11-,12+,13+,14-/m0/s1. The van der Waals surface area contributed by atoms with Crippen LogP contribution in [0.2, 0.25) is 0 Å². The Kier molecular flexibility index (Phi) is 6.38. The van der Waals surface area contributed by atoms with E-state index in [1.165, 1.54) is 0 Å². The average Bonchev–Trinajstić information content (AvgIpc) is 2.47. The van der Waals surface area contributed by atoms with E-state index in [-0.39, 0.29) is 6.54 Å². The molecule has 0 radical (unpaired) electrons. The van der Waals surface area contributed by atoms with Crippen LogP contribution in [0.15, 0.2) is 18.2 Å². The van der Waals surface area contributed by atoms with Crippen molar-refractivity contribution in [2.24, 2.45) is 0 Å². The lowest BCUT2D eigenvalue weighted by molar-refractivity contribution is -0.112. The fraction of sp³-hybridized carbons (Fsp3) is 0.571. The second kappa shape index (κ2) is 7.58. The molecule has 0 aromatic heterocycles. The molecule has 1 aromatic carbocycles. The number of nitrogens with two attached hydrogens (primary N) is 1. The van der Waals surface area contributed by atoms with E-state index in [4.69, 9.17) is 10.8 Å². The largest absolute Gasteiger partial charge is 0.399 e. The Morgan fingerprint density at radius 2 is 1.67 bits per heavy atom. The Labute approximate surface area is 123 Å². The molecule has 0 bridgehead atoms. The van der Waals surface area contributed by atoms with E-state index < -0.39 is 31.0 Å². The number of nitrogen functional groups attached to an aromatic ring is 1. The molecule has 0 unspecified atom stereocenters. The summed E-state index contributed by atoms with van der Waals surface area (Å²) in [5.41, 5.74) is 8.09. The highest BCUT2D eigenvalue weighted by Crippen LogP contribution is 2.20. The van der Waals surface area contributed by atoms with Gasteiger partial charge in [0.2, 0.25) is 0 Å². The minimum Gasteiger partial charge on any atom is -0.399 e. The van der Waals surface area contributed by atoms with Crippen molar-refractivity contribution in [1.29, 1.82) is 0 Å². The van der Waals surface area contributed by atoms with E-state index in [9.17, 15) is 20.4 Å². The molecule has 0 fully saturated rings. The molecule has 0 saturated carbocycles. The van der Waals surface area contributed by atoms with Crippen molar-refractivity contribution in [1.82, 2.24) is 0 Å². The Hall–Kier alpha value is -1.38. The quantitative estimate of drug-likeness (QED) is 0.336. The lowest BCUT2D eigenvalue weighted by atomic mass is 10.0. The second-order valence-corrected chi connectivity index (χ2v) is 5.22. The van der Waals surface area contributed by atoms with Gasteiger partial charge in [0.25, 0.3) is 0 Å². The van der Waals surface area contributed by atoms with E-state index in [1.54, 1.807) is 24.1 Å². The van der Waals surface area contributed by atoms with Gasteiger partial charge >= 0.3 is 0 Å². The lowest BCUT2D eigenvalue weighted by Crippen LogP contribution is -2.49. The Morgan fingerprint density at radius 3 is 2.19 bits per heavy atom. The lowest BCUT2D eigenvalue weighted by Gasteiger charge is -2.29. The molecular formula is C14H24N2O5. The molecule has 120 valence electrons. The monoisotopic (exact) mass is 300 g/mol. The molecule has 4 atom stereocenters. The predicted molar refractivity (Wildman–Crippen MR) is 80.0 cm³/mol. The highest BCUT2D eigenvalue weighted by molar-refractivity contribution is 5.57. The summed E-state index contributed by atoms with van der Waals surface area (Å²) in [7, 11) is 1.72. The maximum absolute atomic E-state index is 9.92. The van der Waals surface area contributed by atoms with Gasteiger partial charge in [0.1, 0.15) is 18.3 Å². The number of rotatable bonds is 7. The second-order valence-electron chi connectivity index (χ2n) is 5.22. The van der Waals surface area contributed by atoms with E-state index in [1.807, 2.05) is 13.0 Å². The summed E-state index contributed by atoms with van der Waals surface area (Å²) in [5, 5.41) is 47.2. The molecule has 0 saturated heterocycles. The molecule has 0 aliphatic rings. The van der Waals surface area contributed by atoms with Crippen molar-refractivity contribution in [2.75, 3.05) is 30.8 Å². The molecule has 7 heteroatoms. The average molecular weight is 300 g/mol. The van der Waals surface area contributed by atoms with Crippen molar-refractivity contribution in [2.45, 2.75) is 31.3 Å². The van der Waals surface area contributed by atoms with E-state index in [0.29, 0.717) is 5.69 Å². The summed E-state index contributed by atoms with van der Waals surface area (Å²) in [6.45, 7) is 1.21. The van der Waals surface area contributed by atoms with Crippen molar-refractivity contribution < 1.29 is 25.5 Å². The topological polar surface area (TPSA) is 130 Å². The van der Waals surface area contributed by atoms with Crippen molar-refractivity contribution in [3.63, 3.8) is 0 Å². The molecule has 7 nitrogen and oxygen atoms in total. The zero-order valence-electron chi connectivity index (χ0n) is 12.2. The van der Waals surface area contributed by atoms with Crippen LogP contribution >= 0.6 is 0 Å². The maximum Gasteiger partial charge on any atom is 0.111 e. The predicted octanol–water partition coefficient (Wildman–Crippen LogP) is -1.55.